The third-order valence-corrected chi connectivity index (χ3v) is 1.46. The van der Waals surface area contributed by atoms with Crippen LogP contribution < -0.4 is 11.3 Å². The van der Waals surface area contributed by atoms with Crippen molar-refractivity contribution < 1.29 is 9.18 Å². The van der Waals surface area contributed by atoms with E-state index in [1.165, 1.54) is 18.2 Å². The number of benzene rings is 1. The third-order valence-electron chi connectivity index (χ3n) is 1.46. The summed E-state index contributed by atoms with van der Waals surface area (Å²) in [5, 5.41) is 0. The van der Waals surface area contributed by atoms with Crippen molar-refractivity contribution in [3.05, 3.63) is 41.7 Å². The molecular weight excluding hydrogens is 171 g/mol. The number of hydrazine groups is 1. The molecule has 13 heavy (non-hydrogen) atoms. The number of carbonyl (C=O) groups is 1. The van der Waals surface area contributed by atoms with Gasteiger partial charge in [0.15, 0.2) is 0 Å². The number of rotatable bonds is 2. The maximum atomic E-state index is 12.9. The summed E-state index contributed by atoms with van der Waals surface area (Å²) in [6.45, 7) is 0. The summed E-state index contributed by atoms with van der Waals surface area (Å²) < 4.78 is 12.9. The van der Waals surface area contributed by atoms with E-state index in [1.54, 1.807) is 18.2 Å². The first-order valence-electron chi connectivity index (χ1n) is 3.67. The Labute approximate surface area is 75.0 Å². The lowest BCUT2D eigenvalue weighted by molar-refractivity contribution is -0.116. The van der Waals surface area contributed by atoms with Crippen LogP contribution in [0.5, 0.6) is 0 Å². The van der Waals surface area contributed by atoms with Crippen molar-refractivity contribution in [3.8, 4) is 0 Å². The van der Waals surface area contributed by atoms with Crippen LogP contribution in [-0.4, -0.2) is 5.91 Å². The van der Waals surface area contributed by atoms with Gasteiger partial charge in [-0.15, -0.1) is 0 Å². The smallest absolute Gasteiger partial charge is 0.257 e. The lowest BCUT2D eigenvalue weighted by Crippen LogP contribution is -2.27. The number of hydrogen-bond acceptors (Lipinski definition) is 2. The van der Waals surface area contributed by atoms with Crippen LogP contribution >= 0.6 is 0 Å². The molecule has 1 aromatic rings. The summed E-state index contributed by atoms with van der Waals surface area (Å²) in [5.41, 5.74) is 2.26. The quantitative estimate of drug-likeness (QED) is 0.306. The standard InChI is InChI=1S/C9H9FN2O/c10-8-4-2-1-3-7(8)5-6-9(13)12-11/h1-6H,11H2,(H,12,13)/b6-5+. The van der Waals surface area contributed by atoms with Crippen molar-refractivity contribution >= 4 is 12.0 Å². The van der Waals surface area contributed by atoms with Crippen LogP contribution in [0.15, 0.2) is 30.3 Å². The molecule has 0 saturated heterocycles. The second-order valence-corrected chi connectivity index (χ2v) is 2.36. The minimum absolute atomic E-state index is 0.353. The van der Waals surface area contributed by atoms with E-state index in [0.717, 1.165) is 0 Å². The van der Waals surface area contributed by atoms with Gasteiger partial charge in [-0.25, -0.2) is 10.2 Å². The molecule has 3 nitrogen and oxygen atoms in total. The first kappa shape index (κ1) is 9.41. The summed E-state index contributed by atoms with van der Waals surface area (Å²) >= 11 is 0. The zero-order valence-corrected chi connectivity index (χ0v) is 6.83. The number of nitrogens with two attached hydrogens (primary N) is 1. The van der Waals surface area contributed by atoms with Crippen molar-refractivity contribution in [1.29, 1.82) is 0 Å². The fourth-order valence-electron chi connectivity index (χ4n) is 0.824. The maximum absolute atomic E-state index is 12.9. The summed E-state index contributed by atoms with van der Waals surface area (Å²) in [7, 11) is 0. The molecule has 0 aliphatic rings. The first-order chi connectivity index (χ1) is 6.24. The normalized spacial score (nSPS) is 10.3. The largest absolute Gasteiger partial charge is 0.291 e. The van der Waals surface area contributed by atoms with E-state index in [4.69, 9.17) is 5.84 Å². The SMILES string of the molecule is NNC(=O)/C=C/c1ccccc1F. The van der Waals surface area contributed by atoms with Gasteiger partial charge in [0.25, 0.3) is 5.91 Å². The lowest BCUT2D eigenvalue weighted by Gasteiger charge is -1.94. The van der Waals surface area contributed by atoms with Gasteiger partial charge < -0.3 is 0 Å². The van der Waals surface area contributed by atoms with Gasteiger partial charge in [0, 0.05) is 11.6 Å². The predicted molar refractivity (Wildman–Crippen MR) is 47.8 cm³/mol. The van der Waals surface area contributed by atoms with Crippen molar-refractivity contribution in [3.63, 3.8) is 0 Å². The van der Waals surface area contributed by atoms with Gasteiger partial charge in [-0.3, -0.25) is 10.2 Å². The van der Waals surface area contributed by atoms with Crippen molar-refractivity contribution in [2.24, 2.45) is 5.84 Å². The van der Waals surface area contributed by atoms with Gasteiger partial charge in [-0.05, 0) is 12.1 Å². The van der Waals surface area contributed by atoms with E-state index in [9.17, 15) is 9.18 Å². The van der Waals surface area contributed by atoms with Gasteiger partial charge >= 0.3 is 0 Å². The molecule has 0 aliphatic heterocycles. The van der Waals surface area contributed by atoms with E-state index in [1.807, 2.05) is 5.43 Å². The molecule has 0 bridgehead atoms. The summed E-state index contributed by atoms with van der Waals surface area (Å²) in [6.07, 6.45) is 2.52. The number of carbonyl (C=O) groups excluding carboxylic acids is 1. The second-order valence-electron chi connectivity index (χ2n) is 2.36. The highest BCUT2D eigenvalue weighted by Gasteiger charge is 1.95. The number of halogens is 1. The van der Waals surface area contributed by atoms with E-state index < -0.39 is 5.91 Å². The molecular formula is C9H9FN2O. The molecule has 0 heterocycles. The summed E-state index contributed by atoms with van der Waals surface area (Å²) in [5.74, 6) is 3.99. The Morgan fingerprint density at radius 3 is 2.77 bits per heavy atom. The molecule has 1 amide bonds. The molecule has 68 valence electrons. The molecule has 0 fully saturated rings. The average Bonchev–Trinajstić information content (AvgIpc) is 2.16. The molecule has 0 spiro atoms. The Balaban J connectivity index is 2.80. The second kappa shape index (κ2) is 4.37. The lowest BCUT2D eigenvalue weighted by atomic mass is 10.2. The molecule has 0 aromatic heterocycles. The fraction of sp³-hybridized carbons (Fsp3) is 0. The van der Waals surface area contributed by atoms with E-state index in [-0.39, 0.29) is 5.82 Å². The zero-order valence-electron chi connectivity index (χ0n) is 6.83. The average molecular weight is 180 g/mol. The van der Waals surface area contributed by atoms with E-state index in [0.29, 0.717) is 5.56 Å². The molecule has 0 atom stereocenters. The van der Waals surface area contributed by atoms with Crippen LogP contribution in [0, 0.1) is 5.82 Å². The van der Waals surface area contributed by atoms with Gasteiger partial charge in [-0.2, -0.15) is 0 Å². The summed E-state index contributed by atoms with van der Waals surface area (Å²) in [4.78, 5) is 10.7. The fourth-order valence-corrected chi connectivity index (χ4v) is 0.824. The molecule has 0 aliphatic carbocycles. The summed E-state index contributed by atoms with van der Waals surface area (Å²) in [6, 6.07) is 6.15. The highest BCUT2D eigenvalue weighted by molar-refractivity contribution is 5.91. The topological polar surface area (TPSA) is 55.1 Å². The molecule has 0 unspecified atom stereocenters. The number of hydrogen-bond donors (Lipinski definition) is 2. The molecule has 1 aromatic carbocycles. The molecule has 3 N–H and O–H groups in total. The van der Waals surface area contributed by atoms with E-state index >= 15 is 0 Å². The Morgan fingerprint density at radius 2 is 2.15 bits per heavy atom. The van der Waals surface area contributed by atoms with Gasteiger partial charge in [-0.1, -0.05) is 18.2 Å². The Bertz CT molecular complexity index is 336. The van der Waals surface area contributed by atoms with Gasteiger partial charge in [0.05, 0.1) is 0 Å². The number of nitrogens with one attached hydrogen (secondary N) is 1. The van der Waals surface area contributed by atoms with Crippen LogP contribution in [0.1, 0.15) is 5.56 Å². The van der Waals surface area contributed by atoms with Gasteiger partial charge in [0.2, 0.25) is 0 Å². The van der Waals surface area contributed by atoms with Crippen molar-refractivity contribution in [2.45, 2.75) is 0 Å². The molecule has 1 rings (SSSR count). The van der Waals surface area contributed by atoms with Crippen LogP contribution in [0.2, 0.25) is 0 Å². The van der Waals surface area contributed by atoms with Crippen LogP contribution in [0.3, 0.4) is 0 Å². The van der Waals surface area contributed by atoms with Crippen LogP contribution in [0.25, 0.3) is 6.08 Å². The maximum Gasteiger partial charge on any atom is 0.257 e. The van der Waals surface area contributed by atoms with Crippen molar-refractivity contribution in [2.75, 3.05) is 0 Å². The van der Waals surface area contributed by atoms with E-state index in [2.05, 4.69) is 0 Å². The molecule has 0 saturated carbocycles. The Hall–Kier alpha value is -1.68. The Kier molecular flexibility index (Phi) is 3.16. The Morgan fingerprint density at radius 1 is 1.46 bits per heavy atom. The minimum atomic E-state index is -0.469. The predicted octanol–water partition coefficient (Wildman–Crippen LogP) is 0.829. The minimum Gasteiger partial charge on any atom is -0.291 e. The monoisotopic (exact) mass is 180 g/mol. The molecule has 0 radical (unpaired) electrons. The number of amides is 1. The molecule has 4 heteroatoms. The third kappa shape index (κ3) is 2.68. The zero-order chi connectivity index (χ0) is 9.68. The first-order valence-corrected chi connectivity index (χ1v) is 3.67. The van der Waals surface area contributed by atoms with Crippen LogP contribution in [0.4, 0.5) is 4.39 Å². The van der Waals surface area contributed by atoms with Crippen molar-refractivity contribution in [1.82, 2.24) is 5.43 Å². The highest BCUT2D eigenvalue weighted by Crippen LogP contribution is 2.07. The highest BCUT2D eigenvalue weighted by atomic mass is 19.1. The van der Waals surface area contributed by atoms with Gasteiger partial charge in [0.1, 0.15) is 5.82 Å². The van der Waals surface area contributed by atoms with Crippen LogP contribution in [-0.2, 0) is 4.79 Å².